The summed E-state index contributed by atoms with van der Waals surface area (Å²) in [4.78, 5) is 12.0. The summed E-state index contributed by atoms with van der Waals surface area (Å²) in [5.74, 6) is 1.28. The maximum Gasteiger partial charge on any atom is 0.248 e. The van der Waals surface area contributed by atoms with E-state index in [0.717, 1.165) is 11.3 Å². The maximum absolute atomic E-state index is 12.0. The van der Waals surface area contributed by atoms with E-state index in [1.54, 1.807) is 30.3 Å². The van der Waals surface area contributed by atoms with Gasteiger partial charge in [-0.1, -0.05) is 30.3 Å². The molecule has 4 nitrogen and oxygen atoms in total. The Bertz CT molecular complexity index is 855. The van der Waals surface area contributed by atoms with Gasteiger partial charge in [-0.2, -0.15) is 0 Å². The zero-order valence-electron chi connectivity index (χ0n) is 13.6. The van der Waals surface area contributed by atoms with Crippen LogP contribution in [-0.4, -0.2) is 5.91 Å². The third kappa shape index (κ3) is 4.97. The molecule has 0 radical (unpaired) electrons. The number of rotatable bonds is 5. The molecule has 0 aliphatic carbocycles. The molecule has 0 unspecified atom stereocenters. The second-order valence-corrected chi connectivity index (χ2v) is 5.43. The Morgan fingerprint density at radius 3 is 2.16 bits per heavy atom. The van der Waals surface area contributed by atoms with Crippen LogP contribution >= 0.6 is 0 Å². The highest BCUT2D eigenvalue weighted by Gasteiger charge is 2.00. The number of carbonyl (C=O) groups excluding carboxylic acids is 1. The topological polar surface area (TPSA) is 64.4 Å². The third-order valence-corrected chi connectivity index (χ3v) is 3.46. The molecule has 0 spiro atoms. The van der Waals surface area contributed by atoms with Crippen LogP contribution in [0.2, 0.25) is 0 Å². The molecule has 3 aromatic carbocycles. The Balaban J connectivity index is 1.57. The quantitative estimate of drug-likeness (QED) is 0.526. The lowest BCUT2D eigenvalue weighted by molar-refractivity contribution is -0.111. The fourth-order valence-corrected chi connectivity index (χ4v) is 2.19. The lowest BCUT2D eigenvalue weighted by Crippen LogP contribution is -2.07. The lowest BCUT2D eigenvalue weighted by atomic mass is 10.2. The molecule has 3 N–H and O–H groups in total. The number of carbonyl (C=O) groups is 1. The molecule has 0 aliphatic heterocycles. The van der Waals surface area contributed by atoms with Crippen LogP contribution in [0.5, 0.6) is 11.5 Å². The Kier molecular flexibility index (Phi) is 5.12. The lowest BCUT2D eigenvalue weighted by Gasteiger charge is -2.07. The number of nitrogens with one attached hydrogen (secondary N) is 1. The number of nitrogens with two attached hydrogens (primary N) is 1. The summed E-state index contributed by atoms with van der Waals surface area (Å²) in [7, 11) is 0. The minimum absolute atomic E-state index is 0.200. The van der Waals surface area contributed by atoms with Gasteiger partial charge >= 0.3 is 0 Å². The molecule has 0 fully saturated rings. The molecule has 4 heteroatoms. The van der Waals surface area contributed by atoms with Gasteiger partial charge in [-0.05, 0) is 60.2 Å². The van der Waals surface area contributed by atoms with Crippen molar-refractivity contribution in [2.75, 3.05) is 11.1 Å². The number of hydrogen-bond donors (Lipinski definition) is 2. The number of anilines is 2. The van der Waals surface area contributed by atoms with Crippen molar-refractivity contribution in [2.45, 2.75) is 0 Å². The predicted octanol–water partition coefficient (Wildman–Crippen LogP) is 4.71. The van der Waals surface area contributed by atoms with Gasteiger partial charge in [-0.3, -0.25) is 4.79 Å². The largest absolute Gasteiger partial charge is 0.457 e. The molecular formula is C21H18N2O2. The molecule has 25 heavy (non-hydrogen) atoms. The highest BCUT2D eigenvalue weighted by atomic mass is 16.5. The van der Waals surface area contributed by atoms with Gasteiger partial charge in [0.2, 0.25) is 5.91 Å². The predicted molar refractivity (Wildman–Crippen MR) is 101 cm³/mol. The molecular weight excluding hydrogens is 312 g/mol. The van der Waals surface area contributed by atoms with Crippen molar-refractivity contribution in [1.82, 2.24) is 0 Å². The van der Waals surface area contributed by atoms with Gasteiger partial charge in [0, 0.05) is 17.5 Å². The minimum atomic E-state index is -0.200. The Hall–Kier alpha value is -3.53. The Morgan fingerprint density at radius 1 is 0.840 bits per heavy atom. The van der Waals surface area contributed by atoms with Crippen molar-refractivity contribution < 1.29 is 9.53 Å². The van der Waals surface area contributed by atoms with E-state index in [1.807, 2.05) is 54.6 Å². The summed E-state index contributed by atoms with van der Waals surface area (Å²) in [6.45, 7) is 0. The van der Waals surface area contributed by atoms with E-state index in [0.29, 0.717) is 17.1 Å². The summed E-state index contributed by atoms with van der Waals surface area (Å²) >= 11 is 0. The smallest absolute Gasteiger partial charge is 0.248 e. The molecule has 0 heterocycles. The van der Waals surface area contributed by atoms with Crippen molar-refractivity contribution in [2.24, 2.45) is 0 Å². The van der Waals surface area contributed by atoms with Gasteiger partial charge in [0.25, 0.3) is 0 Å². The number of benzene rings is 3. The molecule has 3 aromatic rings. The van der Waals surface area contributed by atoms with Gasteiger partial charge in [0.1, 0.15) is 11.5 Å². The summed E-state index contributed by atoms with van der Waals surface area (Å²) in [5, 5.41) is 2.81. The van der Waals surface area contributed by atoms with E-state index in [2.05, 4.69) is 5.32 Å². The first-order valence-corrected chi connectivity index (χ1v) is 7.87. The third-order valence-electron chi connectivity index (χ3n) is 3.46. The van der Waals surface area contributed by atoms with Crippen molar-refractivity contribution in [3.05, 3.63) is 90.5 Å². The summed E-state index contributed by atoms with van der Waals surface area (Å²) in [5.41, 5.74) is 7.94. The molecule has 0 aliphatic rings. The van der Waals surface area contributed by atoms with Crippen molar-refractivity contribution in [1.29, 1.82) is 0 Å². The van der Waals surface area contributed by atoms with Crippen LogP contribution in [0.25, 0.3) is 6.08 Å². The highest BCUT2D eigenvalue weighted by Crippen LogP contribution is 2.22. The highest BCUT2D eigenvalue weighted by molar-refractivity contribution is 6.01. The first kappa shape index (κ1) is 16.3. The molecule has 1 amide bonds. The molecule has 3 rings (SSSR count). The normalized spacial score (nSPS) is 10.6. The SMILES string of the molecule is Nc1ccc(/C=C/C(=O)Nc2ccc(Oc3ccccc3)cc2)cc1. The monoisotopic (exact) mass is 330 g/mol. The van der Waals surface area contributed by atoms with Crippen LogP contribution < -0.4 is 15.8 Å². The average molecular weight is 330 g/mol. The second kappa shape index (κ2) is 7.84. The first-order valence-electron chi connectivity index (χ1n) is 7.87. The van der Waals surface area contributed by atoms with Gasteiger partial charge < -0.3 is 15.8 Å². The molecule has 124 valence electrons. The fraction of sp³-hybridized carbons (Fsp3) is 0. The molecule has 0 aromatic heterocycles. The Labute approximate surface area is 146 Å². The fourth-order valence-electron chi connectivity index (χ4n) is 2.19. The van der Waals surface area contributed by atoms with E-state index in [1.165, 1.54) is 6.08 Å². The van der Waals surface area contributed by atoms with Crippen molar-refractivity contribution in [3.8, 4) is 11.5 Å². The Morgan fingerprint density at radius 2 is 1.48 bits per heavy atom. The van der Waals surface area contributed by atoms with E-state index in [9.17, 15) is 4.79 Å². The van der Waals surface area contributed by atoms with E-state index >= 15 is 0 Å². The van der Waals surface area contributed by atoms with E-state index in [4.69, 9.17) is 10.5 Å². The van der Waals surface area contributed by atoms with Gasteiger partial charge in [-0.25, -0.2) is 0 Å². The average Bonchev–Trinajstić information content (AvgIpc) is 2.64. The maximum atomic E-state index is 12.0. The van der Waals surface area contributed by atoms with Crippen LogP contribution in [0.4, 0.5) is 11.4 Å². The second-order valence-electron chi connectivity index (χ2n) is 5.43. The van der Waals surface area contributed by atoms with Crippen LogP contribution in [0.1, 0.15) is 5.56 Å². The summed E-state index contributed by atoms with van der Waals surface area (Å²) in [6, 6.07) is 24.1. The van der Waals surface area contributed by atoms with Crippen LogP contribution in [-0.2, 0) is 4.79 Å². The summed E-state index contributed by atoms with van der Waals surface area (Å²) in [6.07, 6.45) is 3.22. The number of hydrogen-bond acceptors (Lipinski definition) is 3. The standard InChI is InChI=1S/C21H18N2O2/c22-17-9-6-16(7-10-17)8-15-21(24)23-18-11-13-20(14-12-18)25-19-4-2-1-3-5-19/h1-15H,22H2,(H,23,24)/b15-8+. The number of amides is 1. The zero-order valence-corrected chi connectivity index (χ0v) is 13.6. The van der Waals surface area contributed by atoms with E-state index < -0.39 is 0 Å². The van der Waals surface area contributed by atoms with Crippen LogP contribution in [0.15, 0.2) is 84.9 Å². The first-order chi connectivity index (χ1) is 12.2. The molecule has 0 bridgehead atoms. The van der Waals surface area contributed by atoms with E-state index in [-0.39, 0.29) is 5.91 Å². The summed E-state index contributed by atoms with van der Waals surface area (Å²) < 4.78 is 5.72. The minimum Gasteiger partial charge on any atom is -0.457 e. The molecule has 0 atom stereocenters. The zero-order chi connectivity index (χ0) is 17.5. The van der Waals surface area contributed by atoms with Crippen molar-refractivity contribution >= 4 is 23.4 Å². The van der Waals surface area contributed by atoms with Crippen molar-refractivity contribution in [3.63, 3.8) is 0 Å². The number of para-hydroxylation sites is 1. The van der Waals surface area contributed by atoms with Crippen LogP contribution in [0.3, 0.4) is 0 Å². The van der Waals surface area contributed by atoms with Crippen LogP contribution in [0, 0.1) is 0 Å². The van der Waals surface area contributed by atoms with Gasteiger partial charge in [-0.15, -0.1) is 0 Å². The van der Waals surface area contributed by atoms with Gasteiger partial charge in [0.15, 0.2) is 0 Å². The molecule has 0 saturated heterocycles. The van der Waals surface area contributed by atoms with Gasteiger partial charge in [0.05, 0.1) is 0 Å². The molecule has 0 saturated carbocycles. The number of nitrogen functional groups attached to an aromatic ring is 1. The number of ether oxygens (including phenoxy) is 1.